The van der Waals surface area contributed by atoms with Crippen LogP contribution >= 0.6 is 0 Å². The molecule has 1 aromatic heterocycles. The van der Waals surface area contributed by atoms with Gasteiger partial charge >= 0.3 is 0 Å². The van der Waals surface area contributed by atoms with Crippen molar-refractivity contribution < 1.29 is 4.74 Å². The number of amidine groups is 1. The number of pyridine rings is 1. The number of ether oxygens (including phenoxy) is 1. The van der Waals surface area contributed by atoms with E-state index < -0.39 is 0 Å². The summed E-state index contributed by atoms with van der Waals surface area (Å²) in [5.74, 6) is 1.97. The minimum Gasteiger partial charge on any atom is -0.494 e. The SMILES string of the molecule is CCOc1ccc(C2=NNC(c3ccncc3)=Nc3ccc(C(C)C)cc32)cc1. The molecular weight excluding hydrogens is 360 g/mol. The predicted octanol–water partition coefficient (Wildman–Crippen LogP) is 5.04. The lowest BCUT2D eigenvalue weighted by Crippen LogP contribution is -2.19. The highest BCUT2D eigenvalue weighted by molar-refractivity contribution is 6.18. The molecule has 0 saturated carbocycles. The predicted molar refractivity (Wildman–Crippen MR) is 117 cm³/mol. The molecule has 0 saturated heterocycles. The Balaban J connectivity index is 1.82. The van der Waals surface area contributed by atoms with Gasteiger partial charge in [0.15, 0.2) is 5.84 Å². The molecule has 146 valence electrons. The van der Waals surface area contributed by atoms with Crippen LogP contribution in [-0.4, -0.2) is 23.1 Å². The van der Waals surface area contributed by atoms with E-state index in [9.17, 15) is 0 Å². The van der Waals surface area contributed by atoms with Gasteiger partial charge in [-0.2, -0.15) is 5.10 Å². The summed E-state index contributed by atoms with van der Waals surface area (Å²) in [7, 11) is 0. The first-order chi connectivity index (χ1) is 14.2. The largest absolute Gasteiger partial charge is 0.494 e. The summed E-state index contributed by atoms with van der Waals surface area (Å²) in [6.07, 6.45) is 3.51. The molecule has 0 amide bonds. The molecule has 0 radical (unpaired) electrons. The normalized spacial score (nSPS) is 13.1. The van der Waals surface area contributed by atoms with Crippen molar-refractivity contribution in [1.82, 2.24) is 10.4 Å². The van der Waals surface area contributed by atoms with Gasteiger partial charge in [0, 0.05) is 29.1 Å². The summed E-state index contributed by atoms with van der Waals surface area (Å²) in [5, 5.41) is 4.74. The zero-order valence-corrected chi connectivity index (χ0v) is 16.9. The van der Waals surface area contributed by atoms with E-state index in [4.69, 9.17) is 14.8 Å². The fraction of sp³-hybridized carbons (Fsp3) is 0.208. The second kappa shape index (κ2) is 8.27. The van der Waals surface area contributed by atoms with Gasteiger partial charge in [0.25, 0.3) is 0 Å². The van der Waals surface area contributed by atoms with Crippen molar-refractivity contribution in [1.29, 1.82) is 0 Å². The Kier molecular flexibility index (Phi) is 5.38. The van der Waals surface area contributed by atoms with Gasteiger partial charge in [-0.25, -0.2) is 4.99 Å². The third-order valence-corrected chi connectivity index (χ3v) is 4.84. The first kappa shape index (κ1) is 18.9. The smallest absolute Gasteiger partial charge is 0.154 e. The van der Waals surface area contributed by atoms with Crippen molar-refractivity contribution in [3.05, 3.63) is 89.2 Å². The number of fused-ring (bicyclic) bond motifs is 1. The molecule has 4 rings (SSSR count). The zero-order chi connectivity index (χ0) is 20.2. The average molecular weight is 384 g/mol. The van der Waals surface area contributed by atoms with Gasteiger partial charge in [-0.05, 0) is 66.9 Å². The first-order valence-corrected chi connectivity index (χ1v) is 9.86. The summed E-state index contributed by atoms with van der Waals surface area (Å²) in [6, 6.07) is 18.3. The summed E-state index contributed by atoms with van der Waals surface area (Å²) >= 11 is 0. The van der Waals surface area contributed by atoms with Gasteiger partial charge in [-0.3, -0.25) is 10.4 Å². The molecule has 1 aliphatic heterocycles. The highest BCUT2D eigenvalue weighted by Crippen LogP contribution is 2.29. The molecule has 0 fully saturated rings. The highest BCUT2D eigenvalue weighted by Gasteiger charge is 2.18. The van der Waals surface area contributed by atoms with Crippen LogP contribution in [0.3, 0.4) is 0 Å². The van der Waals surface area contributed by atoms with Crippen LogP contribution < -0.4 is 10.2 Å². The monoisotopic (exact) mass is 384 g/mol. The van der Waals surface area contributed by atoms with Gasteiger partial charge in [-0.15, -0.1) is 0 Å². The lowest BCUT2D eigenvalue weighted by molar-refractivity contribution is 0.340. The maximum absolute atomic E-state index is 5.58. The van der Waals surface area contributed by atoms with Crippen molar-refractivity contribution in [2.24, 2.45) is 10.1 Å². The number of hydrazone groups is 1. The van der Waals surface area contributed by atoms with E-state index in [0.717, 1.165) is 33.8 Å². The number of benzene rings is 2. The summed E-state index contributed by atoms with van der Waals surface area (Å²) in [4.78, 5) is 8.97. The lowest BCUT2D eigenvalue weighted by Gasteiger charge is -2.12. The Hall–Kier alpha value is -3.47. The number of rotatable bonds is 5. The Morgan fingerprint density at radius 2 is 1.69 bits per heavy atom. The molecule has 0 unspecified atom stereocenters. The van der Waals surface area contributed by atoms with Crippen LogP contribution in [-0.2, 0) is 0 Å². The summed E-state index contributed by atoms with van der Waals surface area (Å²) in [5.41, 5.74) is 9.12. The Labute approximate surface area is 171 Å². The molecule has 3 aromatic rings. The number of aliphatic imine (C=N–C) groups is 1. The molecule has 0 spiro atoms. The molecule has 0 bridgehead atoms. The van der Waals surface area contributed by atoms with Crippen molar-refractivity contribution in [2.45, 2.75) is 26.7 Å². The van der Waals surface area contributed by atoms with Gasteiger partial charge in [-0.1, -0.05) is 19.9 Å². The Bertz CT molecular complexity index is 1050. The molecule has 1 N–H and O–H groups in total. The molecule has 5 heteroatoms. The third kappa shape index (κ3) is 4.04. The van der Waals surface area contributed by atoms with Crippen LogP contribution in [0.5, 0.6) is 5.75 Å². The van der Waals surface area contributed by atoms with Crippen LogP contribution in [0.15, 0.2) is 77.1 Å². The van der Waals surface area contributed by atoms with Crippen LogP contribution in [0, 0.1) is 0 Å². The van der Waals surface area contributed by atoms with E-state index >= 15 is 0 Å². The number of nitrogens with zero attached hydrogens (tertiary/aromatic N) is 3. The summed E-state index contributed by atoms with van der Waals surface area (Å²) in [6.45, 7) is 7.01. The number of nitrogens with one attached hydrogen (secondary N) is 1. The quantitative estimate of drug-likeness (QED) is 0.671. The van der Waals surface area contributed by atoms with Gasteiger partial charge < -0.3 is 4.74 Å². The van der Waals surface area contributed by atoms with Crippen molar-refractivity contribution >= 4 is 17.2 Å². The Morgan fingerprint density at radius 3 is 2.38 bits per heavy atom. The number of hydrogen-bond acceptors (Lipinski definition) is 5. The van der Waals surface area contributed by atoms with E-state index in [1.54, 1.807) is 12.4 Å². The van der Waals surface area contributed by atoms with E-state index in [0.29, 0.717) is 18.4 Å². The molecule has 29 heavy (non-hydrogen) atoms. The molecular formula is C24H24N4O. The maximum atomic E-state index is 5.58. The van der Waals surface area contributed by atoms with E-state index in [2.05, 4.69) is 42.5 Å². The molecule has 0 aliphatic carbocycles. The number of aromatic nitrogens is 1. The molecule has 5 nitrogen and oxygen atoms in total. The maximum Gasteiger partial charge on any atom is 0.154 e. The van der Waals surface area contributed by atoms with Crippen molar-refractivity contribution in [2.75, 3.05) is 6.61 Å². The topological polar surface area (TPSA) is 58.9 Å². The average Bonchev–Trinajstić information content (AvgIpc) is 2.94. The third-order valence-electron chi connectivity index (χ3n) is 4.84. The standard InChI is InChI=1S/C24H24N4O/c1-4-29-20-8-5-17(6-9-20)23-21-15-19(16(2)3)7-10-22(21)26-24(28-27-23)18-11-13-25-14-12-18/h5-16H,4H2,1-3H3,(H,26,28). The molecule has 2 heterocycles. The van der Waals surface area contributed by atoms with Gasteiger partial charge in [0.1, 0.15) is 5.75 Å². The van der Waals surface area contributed by atoms with Crippen LogP contribution in [0.25, 0.3) is 0 Å². The Morgan fingerprint density at radius 1 is 0.931 bits per heavy atom. The fourth-order valence-electron chi connectivity index (χ4n) is 3.25. The molecule has 0 atom stereocenters. The summed E-state index contributed by atoms with van der Waals surface area (Å²) < 4.78 is 5.58. The molecule has 2 aromatic carbocycles. The zero-order valence-electron chi connectivity index (χ0n) is 16.9. The van der Waals surface area contributed by atoms with Gasteiger partial charge in [0.2, 0.25) is 0 Å². The van der Waals surface area contributed by atoms with Crippen LogP contribution in [0.1, 0.15) is 48.9 Å². The van der Waals surface area contributed by atoms with Crippen molar-refractivity contribution in [3.63, 3.8) is 0 Å². The minimum absolute atomic E-state index is 0.418. The lowest BCUT2D eigenvalue weighted by atomic mass is 9.95. The van der Waals surface area contributed by atoms with Gasteiger partial charge in [0.05, 0.1) is 18.0 Å². The second-order valence-corrected chi connectivity index (χ2v) is 7.16. The van der Waals surface area contributed by atoms with Crippen molar-refractivity contribution in [3.8, 4) is 5.75 Å². The van der Waals surface area contributed by atoms with E-state index in [1.807, 2.05) is 43.3 Å². The molecule has 1 aliphatic rings. The second-order valence-electron chi connectivity index (χ2n) is 7.16. The van der Waals surface area contributed by atoms with Crippen LogP contribution in [0.4, 0.5) is 5.69 Å². The van der Waals surface area contributed by atoms with Crippen LogP contribution in [0.2, 0.25) is 0 Å². The first-order valence-electron chi connectivity index (χ1n) is 9.86. The van der Waals surface area contributed by atoms with E-state index in [-0.39, 0.29) is 0 Å². The highest BCUT2D eigenvalue weighted by atomic mass is 16.5. The number of hydrogen-bond donors (Lipinski definition) is 1. The minimum atomic E-state index is 0.418. The van der Waals surface area contributed by atoms with E-state index in [1.165, 1.54) is 5.56 Å². The fourth-order valence-corrected chi connectivity index (χ4v) is 3.25.